The molecule has 1 aliphatic carbocycles. The van der Waals surface area contributed by atoms with Gasteiger partial charge in [-0.1, -0.05) is 20.4 Å². The van der Waals surface area contributed by atoms with Gasteiger partial charge in [0.25, 0.3) is 0 Å². The van der Waals surface area contributed by atoms with E-state index in [1.54, 1.807) is 0 Å². The molecule has 1 fully saturated rings. The largest absolute Gasteiger partial charge is 0.456 e. The highest BCUT2D eigenvalue weighted by Gasteiger charge is 2.41. The highest BCUT2D eigenvalue weighted by Crippen LogP contribution is 2.41. The molecule has 0 heterocycles. The van der Waals surface area contributed by atoms with E-state index in [-0.39, 0.29) is 11.6 Å². The molecule has 2 heteroatoms. The molecular weight excluding hydrogens is 164 g/mol. The van der Waals surface area contributed by atoms with Gasteiger partial charge in [-0.3, -0.25) is 0 Å². The zero-order chi connectivity index (χ0) is 9.90. The molecule has 0 amide bonds. The van der Waals surface area contributed by atoms with Gasteiger partial charge in [0.2, 0.25) is 0 Å². The van der Waals surface area contributed by atoms with Crippen LogP contribution >= 0.6 is 0 Å². The second-order valence-electron chi connectivity index (χ2n) is 3.84. The van der Waals surface area contributed by atoms with E-state index in [9.17, 15) is 4.79 Å². The van der Waals surface area contributed by atoms with E-state index in [1.165, 1.54) is 12.5 Å². The Morgan fingerprint density at radius 3 is 2.85 bits per heavy atom. The van der Waals surface area contributed by atoms with Gasteiger partial charge in [0, 0.05) is 6.08 Å². The van der Waals surface area contributed by atoms with E-state index in [4.69, 9.17) is 4.74 Å². The number of carbonyl (C=O) groups is 1. The van der Waals surface area contributed by atoms with Crippen LogP contribution in [0.15, 0.2) is 12.7 Å². The molecule has 1 rings (SSSR count). The fourth-order valence-corrected chi connectivity index (χ4v) is 2.21. The number of rotatable bonds is 3. The third kappa shape index (κ3) is 1.93. The molecule has 1 saturated carbocycles. The van der Waals surface area contributed by atoms with E-state index in [1.807, 2.05) is 0 Å². The minimum Gasteiger partial charge on any atom is -0.456 e. The van der Waals surface area contributed by atoms with Gasteiger partial charge in [0.05, 0.1) is 0 Å². The Hall–Kier alpha value is -0.790. The van der Waals surface area contributed by atoms with Crippen molar-refractivity contribution in [3.63, 3.8) is 0 Å². The van der Waals surface area contributed by atoms with Crippen LogP contribution in [-0.4, -0.2) is 11.6 Å². The lowest BCUT2D eigenvalue weighted by atomic mass is 9.89. The molecule has 0 N–H and O–H groups in total. The molecule has 74 valence electrons. The SMILES string of the molecule is C=CC(=O)OC1(CC)CCCC1C. The summed E-state index contributed by atoms with van der Waals surface area (Å²) in [6.07, 6.45) is 5.50. The molecule has 0 saturated heterocycles. The Morgan fingerprint density at radius 1 is 1.77 bits per heavy atom. The summed E-state index contributed by atoms with van der Waals surface area (Å²) in [6.45, 7) is 7.66. The molecule has 2 atom stereocenters. The van der Waals surface area contributed by atoms with Crippen molar-refractivity contribution in [3.05, 3.63) is 12.7 Å². The number of hydrogen-bond acceptors (Lipinski definition) is 2. The molecule has 1 aliphatic rings. The highest BCUT2D eigenvalue weighted by molar-refractivity contribution is 5.81. The summed E-state index contributed by atoms with van der Waals surface area (Å²) in [7, 11) is 0. The molecule has 13 heavy (non-hydrogen) atoms. The first-order valence-corrected chi connectivity index (χ1v) is 5.00. The second-order valence-corrected chi connectivity index (χ2v) is 3.84. The standard InChI is InChI=1S/C11H18O2/c1-4-10(12)13-11(5-2)8-6-7-9(11)3/h4,9H,1,5-8H2,2-3H3. The summed E-state index contributed by atoms with van der Waals surface area (Å²) < 4.78 is 5.45. The first kappa shape index (κ1) is 10.3. The van der Waals surface area contributed by atoms with Crippen molar-refractivity contribution in [1.82, 2.24) is 0 Å². The van der Waals surface area contributed by atoms with Crippen molar-refractivity contribution in [2.24, 2.45) is 5.92 Å². The molecule has 0 aromatic carbocycles. The maximum atomic E-state index is 11.1. The third-order valence-corrected chi connectivity index (χ3v) is 3.20. The maximum Gasteiger partial charge on any atom is 0.330 e. The van der Waals surface area contributed by atoms with Crippen LogP contribution in [0.1, 0.15) is 39.5 Å². The molecule has 2 unspecified atom stereocenters. The topological polar surface area (TPSA) is 26.3 Å². The average Bonchev–Trinajstić information content (AvgIpc) is 2.48. The Labute approximate surface area is 80.0 Å². The quantitative estimate of drug-likeness (QED) is 0.495. The normalized spacial score (nSPS) is 32.9. The van der Waals surface area contributed by atoms with Crippen LogP contribution in [-0.2, 0) is 9.53 Å². The Balaban J connectivity index is 2.69. The fraction of sp³-hybridized carbons (Fsp3) is 0.727. The van der Waals surface area contributed by atoms with E-state index >= 15 is 0 Å². The molecule has 0 spiro atoms. The predicted molar refractivity (Wildman–Crippen MR) is 52.3 cm³/mol. The van der Waals surface area contributed by atoms with Crippen molar-refractivity contribution in [3.8, 4) is 0 Å². The number of hydrogen-bond donors (Lipinski definition) is 0. The summed E-state index contributed by atoms with van der Waals surface area (Å²) in [5.74, 6) is 0.206. The van der Waals surface area contributed by atoms with Gasteiger partial charge in [0.1, 0.15) is 5.60 Å². The van der Waals surface area contributed by atoms with Gasteiger partial charge < -0.3 is 4.74 Å². The summed E-state index contributed by atoms with van der Waals surface area (Å²) in [4.78, 5) is 11.1. The smallest absolute Gasteiger partial charge is 0.330 e. The van der Waals surface area contributed by atoms with Gasteiger partial charge in [-0.15, -0.1) is 0 Å². The minimum atomic E-state index is -0.282. The zero-order valence-electron chi connectivity index (χ0n) is 8.51. The van der Waals surface area contributed by atoms with E-state index in [0.717, 1.165) is 19.3 Å². The molecule has 0 aromatic heterocycles. The lowest BCUT2D eigenvalue weighted by molar-refractivity contribution is -0.157. The van der Waals surface area contributed by atoms with Crippen molar-refractivity contribution in [1.29, 1.82) is 0 Å². The van der Waals surface area contributed by atoms with Crippen molar-refractivity contribution in [2.75, 3.05) is 0 Å². The summed E-state index contributed by atoms with van der Waals surface area (Å²) in [5, 5.41) is 0. The lowest BCUT2D eigenvalue weighted by Gasteiger charge is -2.31. The fourth-order valence-electron chi connectivity index (χ4n) is 2.21. The minimum absolute atomic E-state index is 0.203. The van der Waals surface area contributed by atoms with Crippen LogP contribution in [0.3, 0.4) is 0 Å². The Morgan fingerprint density at radius 2 is 2.46 bits per heavy atom. The molecule has 0 bridgehead atoms. The van der Waals surface area contributed by atoms with Crippen LogP contribution < -0.4 is 0 Å². The number of ether oxygens (including phenoxy) is 1. The maximum absolute atomic E-state index is 11.1. The van der Waals surface area contributed by atoms with Gasteiger partial charge in [-0.25, -0.2) is 4.79 Å². The third-order valence-electron chi connectivity index (χ3n) is 3.20. The van der Waals surface area contributed by atoms with Crippen LogP contribution in [0, 0.1) is 5.92 Å². The van der Waals surface area contributed by atoms with E-state index in [0.29, 0.717) is 5.92 Å². The second kappa shape index (κ2) is 3.95. The van der Waals surface area contributed by atoms with Gasteiger partial charge >= 0.3 is 5.97 Å². The first-order valence-electron chi connectivity index (χ1n) is 5.00. The van der Waals surface area contributed by atoms with Gasteiger partial charge in [-0.2, -0.15) is 0 Å². The van der Waals surface area contributed by atoms with Crippen LogP contribution in [0.5, 0.6) is 0 Å². The molecule has 2 nitrogen and oxygen atoms in total. The number of carbonyl (C=O) groups excluding carboxylic acids is 1. The average molecular weight is 182 g/mol. The molecule has 0 aliphatic heterocycles. The summed E-state index contributed by atoms with van der Waals surface area (Å²) >= 11 is 0. The molecule has 0 radical (unpaired) electrons. The zero-order valence-corrected chi connectivity index (χ0v) is 8.51. The van der Waals surface area contributed by atoms with Gasteiger partial charge in [-0.05, 0) is 31.6 Å². The van der Waals surface area contributed by atoms with Crippen LogP contribution in [0.2, 0.25) is 0 Å². The Kier molecular flexibility index (Phi) is 3.12. The summed E-state index contributed by atoms with van der Waals surface area (Å²) in [6, 6.07) is 0. The van der Waals surface area contributed by atoms with Gasteiger partial charge in [0.15, 0.2) is 0 Å². The monoisotopic (exact) mass is 182 g/mol. The molecule has 0 aromatic rings. The van der Waals surface area contributed by atoms with E-state index in [2.05, 4.69) is 20.4 Å². The van der Waals surface area contributed by atoms with E-state index < -0.39 is 0 Å². The van der Waals surface area contributed by atoms with Crippen LogP contribution in [0.4, 0.5) is 0 Å². The Bertz CT molecular complexity index is 210. The predicted octanol–water partition coefficient (Wildman–Crippen LogP) is 2.68. The van der Waals surface area contributed by atoms with Crippen molar-refractivity contribution in [2.45, 2.75) is 45.1 Å². The van der Waals surface area contributed by atoms with Crippen molar-refractivity contribution >= 4 is 5.97 Å². The van der Waals surface area contributed by atoms with Crippen molar-refractivity contribution < 1.29 is 9.53 Å². The first-order chi connectivity index (χ1) is 6.14. The highest BCUT2D eigenvalue weighted by atomic mass is 16.6. The van der Waals surface area contributed by atoms with Crippen LogP contribution in [0.25, 0.3) is 0 Å². The number of esters is 1. The molecular formula is C11H18O2. The summed E-state index contributed by atoms with van der Waals surface area (Å²) in [5.41, 5.74) is -0.203. The lowest BCUT2D eigenvalue weighted by Crippen LogP contribution is -2.36.